The number of benzene rings is 3. The van der Waals surface area contributed by atoms with Gasteiger partial charge in [-0.2, -0.15) is 0 Å². The molecule has 39 heavy (non-hydrogen) atoms. The molecule has 0 bridgehead atoms. The zero-order chi connectivity index (χ0) is 28.1. The Balaban J connectivity index is 1.54. The molecule has 0 saturated carbocycles. The highest BCUT2D eigenvalue weighted by molar-refractivity contribution is 6.08. The van der Waals surface area contributed by atoms with Gasteiger partial charge in [0, 0.05) is 12.0 Å². The van der Waals surface area contributed by atoms with Gasteiger partial charge >= 0.3 is 5.97 Å². The number of hydrogen-bond donors (Lipinski definition) is 6. The van der Waals surface area contributed by atoms with Crippen molar-refractivity contribution in [2.24, 2.45) is 0 Å². The summed E-state index contributed by atoms with van der Waals surface area (Å²) in [5, 5.41) is 45.2. The van der Waals surface area contributed by atoms with E-state index in [4.69, 9.17) is 9.47 Å². The van der Waals surface area contributed by atoms with Crippen molar-refractivity contribution in [3.63, 3.8) is 0 Å². The fourth-order valence-electron chi connectivity index (χ4n) is 4.22. The van der Waals surface area contributed by atoms with E-state index in [0.717, 1.165) is 5.56 Å². The van der Waals surface area contributed by atoms with E-state index in [1.54, 1.807) is 60.7 Å². The second-order valence-corrected chi connectivity index (χ2v) is 9.34. The van der Waals surface area contributed by atoms with Crippen molar-refractivity contribution in [1.82, 2.24) is 10.6 Å². The maximum absolute atomic E-state index is 13.4. The lowest BCUT2D eigenvalue weighted by atomic mass is 10.0. The molecule has 6 atom stereocenters. The van der Waals surface area contributed by atoms with Gasteiger partial charge in [-0.15, -0.1) is 0 Å². The van der Waals surface area contributed by atoms with Crippen molar-refractivity contribution >= 4 is 28.6 Å². The Morgan fingerprint density at radius 2 is 1.72 bits per heavy atom. The first-order valence-electron chi connectivity index (χ1n) is 12.4. The number of hydrogen-bond acceptors (Lipinski definition) is 8. The van der Waals surface area contributed by atoms with Crippen molar-refractivity contribution < 1.29 is 44.3 Å². The third kappa shape index (κ3) is 6.70. The molecule has 1 heterocycles. The number of amides is 2. The Kier molecular flexibility index (Phi) is 8.77. The van der Waals surface area contributed by atoms with E-state index in [1.807, 2.05) is 6.07 Å². The summed E-state index contributed by atoms with van der Waals surface area (Å²) in [6, 6.07) is 16.7. The first kappa shape index (κ1) is 28.0. The Bertz CT molecular complexity index is 1330. The third-order valence-electron chi connectivity index (χ3n) is 6.44. The Morgan fingerprint density at radius 3 is 2.44 bits per heavy atom. The zero-order valence-electron chi connectivity index (χ0n) is 21.1. The summed E-state index contributed by atoms with van der Waals surface area (Å²) < 4.78 is 11.0. The van der Waals surface area contributed by atoms with Crippen molar-refractivity contribution in [1.29, 1.82) is 0 Å². The number of aliphatic hydroxyl groups excluding tert-OH is 3. The van der Waals surface area contributed by atoms with Gasteiger partial charge in [0.1, 0.15) is 36.1 Å². The van der Waals surface area contributed by atoms with E-state index in [2.05, 4.69) is 10.6 Å². The third-order valence-corrected chi connectivity index (χ3v) is 6.44. The van der Waals surface area contributed by atoms with Gasteiger partial charge < -0.3 is 40.5 Å². The van der Waals surface area contributed by atoms with E-state index in [1.165, 1.54) is 6.92 Å². The number of carboxylic acid groups (broad SMARTS) is 1. The van der Waals surface area contributed by atoms with Crippen molar-refractivity contribution in [3.8, 4) is 5.75 Å². The van der Waals surface area contributed by atoms with Gasteiger partial charge in [0.05, 0.1) is 6.61 Å². The Hall–Kier alpha value is -4.03. The number of aliphatic carboxylic acids is 1. The maximum Gasteiger partial charge on any atom is 0.325 e. The van der Waals surface area contributed by atoms with Crippen molar-refractivity contribution in [2.45, 2.75) is 50.0 Å². The number of aliphatic hydroxyl groups is 3. The summed E-state index contributed by atoms with van der Waals surface area (Å²) in [5.41, 5.74) is 1.06. The molecule has 11 nitrogen and oxygen atoms in total. The quantitative estimate of drug-likeness (QED) is 0.228. The number of carbonyl (C=O) groups excluding carboxylic acids is 2. The zero-order valence-corrected chi connectivity index (χ0v) is 21.1. The summed E-state index contributed by atoms with van der Waals surface area (Å²) in [6.45, 7) is 1.13. The molecule has 0 spiro atoms. The van der Waals surface area contributed by atoms with Crippen molar-refractivity contribution in [3.05, 3.63) is 77.9 Å². The molecule has 1 aliphatic rings. The monoisotopic (exact) mass is 538 g/mol. The summed E-state index contributed by atoms with van der Waals surface area (Å²) >= 11 is 0. The summed E-state index contributed by atoms with van der Waals surface area (Å²) in [6.07, 6.45) is -5.15. The van der Waals surface area contributed by atoms with Crippen LogP contribution in [0.5, 0.6) is 5.75 Å². The molecule has 1 aliphatic heterocycles. The van der Waals surface area contributed by atoms with Gasteiger partial charge in [0.25, 0.3) is 5.91 Å². The number of fused-ring (bicyclic) bond motifs is 1. The standard InChI is InChI=1S/C28H30N2O9/c1-15(27(36)37)29-26(35)21(12-16-6-3-2-4-7-16)30-25(34)20-9-5-8-17-13-18(10-11-19(17)20)39-28-24(33)23(32)22(31)14-38-28/h2-11,13,15,21-24,28,31-33H,12,14H2,1H3,(H,29,35)(H,30,34)(H,36,37)/t15-,21-,22+,23-,24+,28-/m0/s1. The lowest BCUT2D eigenvalue weighted by Gasteiger charge is -2.34. The Morgan fingerprint density at radius 1 is 0.974 bits per heavy atom. The van der Waals surface area contributed by atoms with Gasteiger partial charge in [0.2, 0.25) is 12.2 Å². The van der Waals surface area contributed by atoms with Crippen LogP contribution in [0.4, 0.5) is 0 Å². The van der Waals surface area contributed by atoms with E-state index < -0.39 is 54.5 Å². The van der Waals surface area contributed by atoms with Crippen molar-refractivity contribution in [2.75, 3.05) is 6.61 Å². The van der Waals surface area contributed by atoms with E-state index >= 15 is 0 Å². The molecule has 4 rings (SSSR count). The molecule has 0 aromatic heterocycles. The fraction of sp³-hybridized carbons (Fsp3) is 0.321. The Labute approximate surface area is 224 Å². The highest BCUT2D eigenvalue weighted by Crippen LogP contribution is 2.27. The SMILES string of the molecule is C[C@H](NC(=O)[C@H](Cc1ccccc1)NC(=O)c1cccc2cc(O[C@@H]3OC[C@@H](O)[C@H](O)[C@H]3O)ccc12)C(=O)O. The van der Waals surface area contributed by atoms with Crippen LogP contribution < -0.4 is 15.4 Å². The van der Waals surface area contributed by atoms with Gasteiger partial charge in [-0.25, -0.2) is 0 Å². The molecule has 3 aromatic carbocycles. The molecule has 1 saturated heterocycles. The fourth-order valence-corrected chi connectivity index (χ4v) is 4.22. The second-order valence-electron chi connectivity index (χ2n) is 9.34. The van der Waals surface area contributed by atoms with Crippen LogP contribution in [0, 0.1) is 0 Å². The largest absolute Gasteiger partial charge is 0.480 e. The molecule has 11 heteroatoms. The average molecular weight is 539 g/mol. The molecule has 3 aromatic rings. The van der Waals surface area contributed by atoms with Crippen LogP contribution in [0.2, 0.25) is 0 Å². The predicted octanol–water partition coefficient (Wildman–Crippen LogP) is 0.588. The minimum Gasteiger partial charge on any atom is -0.480 e. The normalized spacial score (nSPS) is 22.5. The van der Waals surface area contributed by atoms with Crippen LogP contribution in [0.1, 0.15) is 22.8 Å². The van der Waals surface area contributed by atoms with Crippen LogP contribution in [-0.2, 0) is 20.7 Å². The number of carboxylic acids is 1. The smallest absolute Gasteiger partial charge is 0.325 e. The van der Waals surface area contributed by atoms with Gasteiger partial charge in [-0.1, -0.05) is 42.5 Å². The molecule has 0 unspecified atom stereocenters. The highest BCUT2D eigenvalue weighted by Gasteiger charge is 2.39. The second kappa shape index (κ2) is 12.2. The van der Waals surface area contributed by atoms with Crippen LogP contribution in [0.3, 0.4) is 0 Å². The minimum absolute atomic E-state index is 0.151. The van der Waals surface area contributed by atoms with Gasteiger partial charge in [0.15, 0.2) is 0 Å². The molecule has 0 aliphatic carbocycles. The lowest BCUT2D eigenvalue weighted by Crippen LogP contribution is -2.54. The number of carbonyl (C=O) groups is 3. The lowest BCUT2D eigenvalue weighted by molar-refractivity contribution is -0.242. The predicted molar refractivity (Wildman–Crippen MR) is 139 cm³/mol. The van der Waals surface area contributed by atoms with Crippen LogP contribution in [-0.4, -0.2) is 81.5 Å². The first-order valence-corrected chi connectivity index (χ1v) is 12.4. The van der Waals surface area contributed by atoms with Crippen LogP contribution in [0.25, 0.3) is 10.8 Å². The summed E-state index contributed by atoms with van der Waals surface area (Å²) in [5.74, 6) is -2.05. The highest BCUT2D eigenvalue weighted by atomic mass is 16.7. The average Bonchev–Trinajstić information content (AvgIpc) is 2.93. The molecule has 206 valence electrons. The number of rotatable bonds is 9. The van der Waals surface area contributed by atoms with Gasteiger partial charge in [-0.05, 0) is 47.5 Å². The molecular formula is C28H30N2O9. The maximum atomic E-state index is 13.4. The topological polar surface area (TPSA) is 175 Å². The molecule has 6 N–H and O–H groups in total. The van der Waals surface area contributed by atoms with E-state index in [-0.39, 0.29) is 18.6 Å². The van der Waals surface area contributed by atoms with Crippen LogP contribution >= 0.6 is 0 Å². The van der Waals surface area contributed by atoms with Gasteiger partial charge in [-0.3, -0.25) is 14.4 Å². The number of ether oxygens (including phenoxy) is 2. The number of nitrogens with one attached hydrogen (secondary N) is 2. The first-order chi connectivity index (χ1) is 18.6. The minimum atomic E-state index is -1.46. The molecule has 0 radical (unpaired) electrons. The molecule has 2 amide bonds. The molecular weight excluding hydrogens is 508 g/mol. The molecule has 1 fully saturated rings. The van der Waals surface area contributed by atoms with E-state index in [0.29, 0.717) is 16.5 Å². The summed E-state index contributed by atoms with van der Waals surface area (Å²) in [4.78, 5) is 37.5. The summed E-state index contributed by atoms with van der Waals surface area (Å²) in [7, 11) is 0. The van der Waals surface area contributed by atoms with Crippen LogP contribution in [0.15, 0.2) is 66.7 Å². The van der Waals surface area contributed by atoms with E-state index in [9.17, 15) is 34.8 Å².